The number of benzene rings is 2. The van der Waals surface area contributed by atoms with E-state index in [1.54, 1.807) is 0 Å². The van der Waals surface area contributed by atoms with Gasteiger partial charge in [-0.2, -0.15) is 0 Å². The lowest BCUT2D eigenvalue weighted by Crippen LogP contribution is -2.31. The molecule has 170 valence electrons. The van der Waals surface area contributed by atoms with Crippen LogP contribution in [0.2, 0.25) is 0 Å². The third kappa shape index (κ3) is 2.94. The highest BCUT2D eigenvalue weighted by Gasteiger charge is 2.39. The van der Waals surface area contributed by atoms with Crippen molar-refractivity contribution in [3.63, 3.8) is 0 Å². The second kappa shape index (κ2) is 7.56. The molecule has 0 amide bonds. The summed E-state index contributed by atoms with van der Waals surface area (Å²) in [6, 6.07) is 11.1. The van der Waals surface area contributed by atoms with Gasteiger partial charge in [0, 0.05) is 11.6 Å². The number of nitrogens with zero attached hydrogens (tertiary/aromatic N) is 1. The molecular weight excluding hydrogens is 422 g/mol. The van der Waals surface area contributed by atoms with E-state index < -0.39 is 0 Å². The van der Waals surface area contributed by atoms with Crippen molar-refractivity contribution in [2.45, 2.75) is 72.1 Å². The van der Waals surface area contributed by atoms with E-state index in [1.807, 2.05) is 11.3 Å². The molecule has 3 heterocycles. The Morgan fingerprint density at radius 1 is 0.970 bits per heavy atom. The van der Waals surface area contributed by atoms with E-state index in [2.05, 4.69) is 75.8 Å². The fourth-order valence-electron chi connectivity index (χ4n) is 6.61. The van der Waals surface area contributed by atoms with Crippen LogP contribution in [0.4, 0.5) is 0 Å². The molecule has 2 aromatic carbocycles. The molecule has 0 unspecified atom stereocenters. The number of pyridine rings is 1. The molecule has 1 aliphatic carbocycles. The monoisotopic (exact) mass is 456 g/mol. The SMILES string of the molecule is CCC1(CC)CCC(c2sc3cc[n+](C)c4c3c2Oc2c-4c(C)c3ccccc3c2C)CC1. The van der Waals surface area contributed by atoms with Crippen molar-refractivity contribution in [1.82, 2.24) is 0 Å². The lowest BCUT2D eigenvalue weighted by atomic mass is 9.67. The largest absolute Gasteiger partial charge is 0.454 e. The first-order chi connectivity index (χ1) is 16.0. The van der Waals surface area contributed by atoms with Gasteiger partial charge in [0.15, 0.2) is 11.9 Å². The van der Waals surface area contributed by atoms with Gasteiger partial charge in [-0.15, -0.1) is 11.3 Å². The number of aromatic nitrogens is 1. The molecule has 0 radical (unpaired) electrons. The minimum absolute atomic E-state index is 0.558. The molecule has 2 aromatic heterocycles. The number of aryl methyl sites for hydroxylation is 3. The van der Waals surface area contributed by atoms with Crippen molar-refractivity contribution >= 4 is 32.2 Å². The lowest BCUT2D eigenvalue weighted by molar-refractivity contribution is -0.659. The van der Waals surface area contributed by atoms with Crippen molar-refractivity contribution in [2.24, 2.45) is 12.5 Å². The van der Waals surface area contributed by atoms with Gasteiger partial charge in [-0.25, -0.2) is 4.57 Å². The van der Waals surface area contributed by atoms with Gasteiger partial charge in [-0.3, -0.25) is 0 Å². The zero-order valence-corrected chi connectivity index (χ0v) is 21.4. The number of ether oxygens (including phenoxy) is 1. The molecule has 3 heteroatoms. The predicted molar refractivity (Wildman–Crippen MR) is 140 cm³/mol. The summed E-state index contributed by atoms with van der Waals surface area (Å²) < 4.78 is 10.6. The van der Waals surface area contributed by atoms with Crippen LogP contribution in [0.1, 0.15) is 74.3 Å². The Hall–Kier alpha value is -2.39. The van der Waals surface area contributed by atoms with Gasteiger partial charge >= 0.3 is 0 Å². The van der Waals surface area contributed by atoms with Gasteiger partial charge in [0.1, 0.15) is 18.2 Å². The Labute approximate surface area is 201 Å². The summed E-state index contributed by atoms with van der Waals surface area (Å²) >= 11 is 1.98. The molecule has 0 bridgehead atoms. The van der Waals surface area contributed by atoms with Crippen LogP contribution in [0, 0.1) is 19.3 Å². The van der Waals surface area contributed by atoms with E-state index in [0.29, 0.717) is 11.3 Å². The average Bonchev–Trinajstić information content (AvgIpc) is 3.23. The van der Waals surface area contributed by atoms with E-state index in [1.165, 1.54) is 86.6 Å². The lowest BCUT2D eigenvalue weighted by Gasteiger charge is -2.39. The topological polar surface area (TPSA) is 13.1 Å². The molecule has 0 saturated heterocycles. The van der Waals surface area contributed by atoms with Crippen molar-refractivity contribution in [2.75, 3.05) is 0 Å². The molecule has 1 fully saturated rings. The Balaban J connectivity index is 1.56. The van der Waals surface area contributed by atoms with Crippen molar-refractivity contribution in [1.29, 1.82) is 0 Å². The predicted octanol–water partition coefficient (Wildman–Crippen LogP) is 8.73. The second-order valence-corrected chi connectivity index (χ2v) is 11.5. The number of rotatable bonds is 3. The first-order valence-electron chi connectivity index (χ1n) is 12.6. The van der Waals surface area contributed by atoms with Gasteiger partial charge < -0.3 is 4.74 Å². The summed E-state index contributed by atoms with van der Waals surface area (Å²) in [7, 11) is 2.19. The first kappa shape index (κ1) is 21.2. The van der Waals surface area contributed by atoms with E-state index in [-0.39, 0.29) is 0 Å². The highest BCUT2D eigenvalue weighted by atomic mass is 32.1. The van der Waals surface area contributed by atoms with E-state index in [4.69, 9.17) is 4.74 Å². The third-order valence-corrected chi connectivity index (χ3v) is 10.3. The Morgan fingerprint density at radius 2 is 1.64 bits per heavy atom. The average molecular weight is 457 g/mol. The highest BCUT2D eigenvalue weighted by Crippen LogP contribution is 2.57. The summed E-state index contributed by atoms with van der Waals surface area (Å²) in [6.45, 7) is 9.26. The maximum Gasteiger partial charge on any atom is 0.228 e. The molecule has 2 nitrogen and oxygen atoms in total. The smallest absolute Gasteiger partial charge is 0.228 e. The maximum atomic E-state index is 6.95. The first-order valence-corrected chi connectivity index (χ1v) is 13.4. The summed E-state index contributed by atoms with van der Waals surface area (Å²) in [5.41, 5.74) is 5.73. The van der Waals surface area contributed by atoms with Crippen molar-refractivity contribution in [3.8, 4) is 22.8 Å². The van der Waals surface area contributed by atoms with Crippen LogP contribution >= 0.6 is 11.3 Å². The quantitative estimate of drug-likeness (QED) is 0.247. The van der Waals surface area contributed by atoms with E-state index >= 15 is 0 Å². The molecule has 0 spiro atoms. The third-order valence-electron chi connectivity index (χ3n) is 8.99. The summed E-state index contributed by atoms with van der Waals surface area (Å²) in [6.07, 6.45) is 10.1. The van der Waals surface area contributed by atoms with Crippen molar-refractivity contribution in [3.05, 3.63) is 52.5 Å². The summed E-state index contributed by atoms with van der Waals surface area (Å²) in [5.74, 6) is 2.83. The van der Waals surface area contributed by atoms with Gasteiger partial charge in [-0.05, 0) is 67.2 Å². The molecule has 4 aromatic rings. The molecule has 33 heavy (non-hydrogen) atoms. The standard InChI is InChI=1S/C30H34NOS/c1-6-30(7-2)15-12-20(13-16-30)29-28-25-23(33-29)14-17-31(5)26(25)24-18(3)21-10-8-9-11-22(21)19(4)27(24)32-28/h8-11,14,17,20H,6-7,12-13,15-16H2,1-5H3/q+1. The molecule has 1 saturated carbocycles. The Morgan fingerprint density at radius 3 is 2.30 bits per heavy atom. The van der Waals surface area contributed by atoms with Crippen molar-refractivity contribution < 1.29 is 9.30 Å². The van der Waals surface area contributed by atoms with Crippen LogP contribution in [0.25, 0.3) is 32.1 Å². The molecule has 1 aliphatic heterocycles. The molecular formula is C30H34NOS+. The van der Waals surface area contributed by atoms with Gasteiger partial charge in [0.2, 0.25) is 5.69 Å². The van der Waals surface area contributed by atoms with Crippen LogP contribution in [0.15, 0.2) is 36.5 Å². The zero-order valence-electron chi connectivity index (χ0n) is 20.5. The van der Waals surface area contributed by atoms with Gasteiger partial charge in [-0.1, -0.05) is 51.0 Å². The van der Waals surface area contributed by atoms with Crippen LogP contribution in [0.5, 0.6) is 11.5 Å². The number of fused-ring (bicyclic) bond motifs is 3. The molecule has 2 aliphatic rings. The van der Waals surface area contributed by atoms with Crippen LogP contribution in [0.3, 0.4) is 0 Å². The summed E-state index contributed by atoms with van der Waals surface area (Å²) in [5, 5.41) is 3.96. The summed E-state index contributed by atoms with van der Waals surface area (Å²) in [4.78, 5) is 1.48. The fourth-order valence-corrected chi connectivity index (χ4v) is 7.91. The van der Waals surface area contributed by atoms with Crippen LogP contribution in [-0.2, 0) is 7.05 Å². The fraction of sp³-hybridized carbons (Fsp3) is 0.433. The van der Waals surface area contributed by atoms with Crippen LogP contribution < -0.4 is 9.30 Å². The number of hydrogen-bond donors (Lipinski definition) is 0. The minimum atomic E-state index is 0.558. The molecule has 0 atom stereocenters. The number of thiophene rings is 1. The zero-order chi connectivity index (χ0) is 22.9. The minimum Gasteiger partial charge on any atom is -0.454 e. The van der Waals surface area contributed by atoms with E-state index in [9.17, 15) is 0 Å². The van der Waals surface area contributed by atoms with E-state index in [0.717, 1.165) is 11.5 Å². The van der Waals surface area contributed by atoms with Gasteiger partial charge in [0.05, 0.1) is 15.1 Å². The number of hydrogen-bond acceptors (Lipinski definition) is 2. The molecule has 6 rings (SSSR count). The Bertz CT molecular complexity index is 1400. The highest BCUT2D eigenvalue weighted by molar-refractivity contribution is 7.19. The van der Waals surface area contributed by atoms with Gasteiger partial charge in [0.25, 0.3) is 0 Å². The van der Waals surface area contributed by atoms with Crippen LogP contribution in [-0.4, -0.2) is 0 Å². The normalized spacial score (nSPS) is 17.4. The maximum absolute atomic E-state index is 6.95. The Kier molecular flexibility index (Phi) is 4.85. The molecule has 0 N–H and O–H groups in total. The second-order valence-electron chi connectivity index (χ2n) is 10.4.